The highest BCUT2D eigenvalue weighted by atomic mass is 35.5. The zero-order valence-corrected chi connectivity index (χ0v) is 13.3. The average molecular weight is 334 g/mol. The first-order valence-corrected chi connectivity index (χ1v) is 9.01. The van der Waals surface area contributed by atoms with E-state index in [1.807, 2.05) is 0 Å². The zero-order valence-electron chi connectivity index (χ0n) is 11.7. The van der Waals surface area contributed by atoms with Crippen molar-refractivity contribution in [2.24, 2.45) is 0 Å². The van der Waals surface area contributed by atoms with Crippen molar-refractivity contribution in [2.75, 3.05) is 19.3 Å². The predicted molar refractivity (Wildman–Crippen MR) is 79.6 cm³/mol. The Hall–Kier alpha value is -1.14. The second-order valence-corrected chi connectivity index (χ2v) is 8.06. The lowest BCUT2D eigenvalue weighted by atomic mass is 10.1. The number of benzene rings is 1. The fraction of sp³-hybridized carbons (Fsp3) is 0.500. The Morgan fingerprint density at radius 2 is 2.19 bits per heavy atom. The number of carbonyl (C=O) groups excluding carboxylic acids is 1. The molecule has 1 aromatic carbocycles. The summed E-state index contributed by atoms with van der Waals surface area (Å²) in [5.41, 5.74) is 0.698. The summed E-state index contributed by atoms with van der Waals surface area (Å²) in [6.45, 7) is 0.720. The van der Waals surface area contributed by atoms with Crippen LogP contribution in [0.3, 0.4) is 0 Å². The SMILES string of the molecule is CS(=O)(=O)C1CCN(C(=O)CCc2ccc(Cl)c(F)c2)C1. The molecule has 1 aromatic rings. The lowest BCUT2D eigenvalue weighted by Gasteiger charge is -2.16. The fourth-order valence-corrected chi connectivity index (χ4v) is 3.51. The van der Waals surface area contributed by atoms with E-state index in [0.717, 1.165) is 0 Å². The third-order valence-electron chi connectivity index (χ3n) is 3.71. The van der Waals surface area contributed by atoms with Crippen LogP contribution in [0, 0.1) is 5.82 Å². The molecule has 0 spiro atoms. The normalized spacial score (nSPS) is 19.0. The molecule has 7 heteroatoms. The van der Waals surface area contributed by atoms with Gasteiger partial charge in [-0.3, -0.25) is 4.79 Å². The van der Waals surface area contributed by atoms with Gasteiger partial charge in [0.05, 0.1) is 10.3 Å². The highest BCUT2D eigenvalue weighted by Crippen LogP contribution is 2.19. The lowest BCUT2D eigenvalue weighted by molar-refractivity contribution is -0.130. The molecule has 0 N–H and O–H groups in total. The summed E-state index contributed by atoms with van der Waals surface area (Å²) in [7, 11) is -3.10. The molecule has 0 aliphatic carbocycles. The number of amides is 1. The summed E-state index contributed by atoms with van der Waals surface area (Å²) in [5, 5.41) is -0.407. The van der Waals surface area contributed by atoms with Gasteiger partial charge in [0.1, 0.15) is 5.82 Å². The first kappa shape index (κ1) is 16.2. The van der Waals surface area contributed by atoms with Gasteiger partial charge in [0.25, 0.3) is 0 Å². The summed E-state index contributed by atoms with van der Waals surface area (Å²) in [4.78, 5) is 13.6. The number of nitrogens with zero attached hydrogens (tertiary/aromatic N) is 1. The zero-order chi connectivity index (χ0) is 15.6. The van der Waals surface area contributed by atoms with Crippen molar-refractivity contribution in [1.29, 1.82) is 0 Å². The molecule has 1 fully saturated rings. The number of aryl methyl sites for hydroxylation is 1. The number of hydrogen-bond donors (Lipinski definition) is 0. The minimum Gasteiger partial charge on any atom is -0.341 e. The number of hydrogen-bond acceptors (Lipinski definition) is 3. The van der Waals surface area contributed by atoms with Crippen LogP contribution < -0.4 is 0 Å². The van der Waals surface area contributed by atoms with Crippen LogP contribution in [0.5, 0.6) is 0 Å². The van der Waals surface area contributed by atoms with Gasteiger partial charge in [-0.25, -0.2) is 12.8 Å². The van der Waals surface area contributed by atoms with Gasteiger partial charge in [0.2, 0.25) is 5.91 Å². The number of halogens is 2. The van der Waals surface area contributed by atoms with Gasteiger partial charge in [-0.1, -0.05) is 17.7 Å². The molecular weight excluding hydrogens is 317 g/mol. The molecule has 1 aliphatic rings. The second-order valence-electron chi connectivity index (χ2n) is 5.33. The van der Waals surface area contributed by atoms with E-state index in [-0.39, 0.29) is 23.9 Å². The summed E-state index contributed by atoms with van der Waals surface area (Å²) < 4.78 is 36.2. The van der Waals surface area contributed by atoms with E-state index in [1.54, 1.807) is 11.0 Å². The van der Waals surface area contributed by atoms with Crippen LogP contribution in [-0.2, 0) is 21.1 Å². The number of likely N-dealkylation sites (tertiary alicyclic amines) is 1. The van der Waals surface area contributed by atoms with Gasteiger partial charge < -0.3 is 4.90 Å². The van der Waals surface area contributed by atoms with Crippen LogP contribution in [-0.4, -0.2) is 43.8 Å². The lowest BCUT2D eigenvalue weighted by Crippen LogP contribution is -2.31. The molecule has 1 aliphatic heterocycles. The van der Waals surface area contributed by atoms with Gasteiger partial charge in [-0.15, -0.1) is 0 Å². The Morgan fingerprint density at radius 1 is 1.48 bits per heavy atom. The van der Waals surface area contributed by atoms with Crippen molar-refractivity contribution >= 4 is 27.3 Å². The number of carbonyl (C=O) groups is 1. The van der Waals surface area contributed by atoms with Crippen molar-refractivity contribution in [3.63, 3.8) is 0 Å². The number of sulfone groups is 1. The minimum atomic E-state index is -3.10. The van der Waals surface area contributed by atoms with Gasteiger partial charge in [-0.2, -0.15) is 0 Å². The fourth-order valence-electron chi connectivity index (χ4n) is 2.41. The molecule has 0 radical (unpaired) electrons. The molecule has 116 valence electrons. The first-order valence-electron chi connectivity index (χ1n) is 6.68. The summed E-state index contributed by atoms with van der Waals surface area (Å²) >= 11 is 5.60. The Kier molecular flexibility index (Phi) is 4.88. The highest BCUT2D eigenvalue weighted by molar-refractivity contribution is 7.91. The molecule has 1 atom stereocenters. The van der Waals surface area contributed by atoms with E-state index >= 15 is 0 Å². The van der Waals surface area contributed by atoms with Gasteiger partial charge >= 0.3 is 0 Å². The second kappa shape index (κ2) is 6.32. The monoisotopic (exact) mass is 333 g/mol. The van der Waals surface area contributed by atoms with Crippen LogP contribution in [0.4, 0.5) is 4.39 Å². The van der Waals surface area contributed by atoms with Crippen LogP contribution in [0.1, 0.15) is 18.4 Å². The molecular formula is C14H17ClFNO3S. The Bertz CT molecular complexity index is 648. The largest absolute Gasteiger partial charge is 0.341 e. The minimum absolute atomic E-state index is 0.0561. The Labute approximate surface area is 128 Å². The predicted octanol–water partition coefficient (Wildman–Crippen LogP) is 2.06. The molecule has 21 heavy (non-hydrogen) atoms. The molecule has 0 bridgehead atoms. The molecule has 1 unspecified atom stereocenters. The van der Waals surface area contributed by atoms with Gasteiger partial charge in [0.15, 0.2) is 9.84 Å². The molecule has 1 heterocycles. The van der Waals surface area contributed by atoms with Crippen LogP contribution in [0.15, 0.2) is 18.2 Å². The summed E-state index contributed by atoms with van der Waals surface area (Å²) in [6.07, 6.45) is 2.33. The maximum Gasteiger partial charge on any atom is 0.222 e. The Balaban J connectivity index is 1.89. The molecule has 2 rings (SSSR count). The van der Waals surface area contributed by atoms with Crippen LogP contribution in [0.2, 0.25) is 5.02 Å². The van der Waals surface area contributed by atoms with Crippen molar-refractivity contribution in [3.05, 3.63) is 34.6 Å². The van der Waals surface area contributed by atoms with Gasteiger partial charge in [0, 0.05) is 25.8 Å². The van der Waals surface area contributed by atoms with Crippen LogP contribution >= 0.6 is 11.6 Å². The van der Waals surface area contributed by atoms with E-state index in [0.29, 0.717) is 24.9 Å². The van der Waals surface area contributed by atoms with Crippen LogP contribution in [0.25, 0.3) is 0 Å². The maximum absolute atomic E-state index is 13.3. The molecule has 1 amide bonds. The molecule has 0 saturated carbocycles. The van der Waals surface area contributed by atoms with Crippen molar-refractivity contribution in [2.45, 2.75) is 24.5 Å². The van der Waals surface area contributed by atoms with E-state index in [2.05, 4.69) is 0 Å². The van der Waals surface area contributed by atoms with E-state index in [1.165, 1.54) is 18.4 Å². The average Bonchev–Trinajstić information content (AvgIpc) is 2.89. The first-order chi connectivity index (χ1) is 9.77. The van der Waals surface area contributed by atoms with Crippen molar-refractivity contribution in [3.8, 4) is 0 Å². The molecule has 1 saturated heterocycles. The third kappa shape index (κ3) is 4.17. The standard InChI is InChI=1S/C14H17ClFNO3S/c1-21(19,20)11-6-7-17(9-11)14(18)5-3-10-2-4-12(15)13(16)8-10/h2,4,8,11H,3,5-7,9H2,1H3. The summed E-state index contributed by atoms with van der Waals surface area (Å²) in [5.74, 6) is -0.601. The molecule has 4 nitrogen and oxygen atoms in total. The summed E-state index contributed by atoms with van der Waals surface area (Å²) in [6, 6.07) is 4.47. The highest BCUT2D eigenvalue weighted by Gasteiger charge is 2.32. The van der Waals surface area contributed by atoms with Crippen molar-refractivity contribution in [1.82, 2.24) is 4.90 Å². The van der Waals surface area contributed by atoms with Crippen molar-refractivity contribution < 1.29 is 17.6 Å². The quantitative estimate of drug-likeness (QED) is 0.847. The maximum atomic E-state index is 13.3. The van der Waals surface area contributed by atoms with Gasteiger partial charge in [-0.05, 0) is 30.5 Å². The topological polar surface area (TPSA) is 54.5 Å². The smallest absolute Gasteiger partial charge is 0.222 e. The third-order valence-corrected chi connectivity index (χ3v) is 5.62. The van der Waals surface area contributed by atoms with E-state index < -0.39 is 20.9 Å². The van der Waals surface area contributed by atoms with E-state index in [9.17, 15) is 17.6 Å². The molecule has 0 aromatic heterocycles. The Morgan fingerprint density at radius 3 is 2.76 bits per heavy atom. The number of rotatable bonds is 4. The van der Waals surface area contributed by atoms with E-state index in [4.69, 9.17) is 11.6 Å².